The first kappa shape index (κ1) is 16.4. The van der Waals surface area contributed by atoms with Gasteiger partial charge < -0.3 is 10.5 Å². The fraction of sp³-hybridized carbons (Fsp3) is 0.714. The third kappa shape index (κ3) is 4.14. The lowest BCUT2D eigenvalue weighted by Crippen LogP contribution is -2.20. The Morgan fingerprint density at radius 2 is 1.89 bits per heavy atom. The van der Waals surface area contributed by atoms with Crippen LogP contribution in [0.4, 0.5) is 5.82 Å². The van der Waals surface area contributed by atoms with Crippen LogP contribution >= 0.6 is 15.9 Å². The average molecular weight is 330 g/mol. The van der Waals surface area contributed by atoms with Crippen LogP contribution in [0, 0.1) is 0 Å². The van der Waals surface area contributed by atoms with Crippen molar-refractivity contribution in [3.8, 4) is 0 Å². The van der Waals surface area contributed by atoms with Gasteiger partial charge in [-0.3, -0.25) is 0 Å². The van der Waals surface area contributed by atoms with E-state index in [1.807, 2.05) is 6.92 Å². The van der Waals surface area contributed by atoms with E-state index in [1.165, 1.54) is 0 Å². The first-order valence-electron chi connectivity index (χ1n) is 6.76. The lowest BCUT2D eigenvalue weighted by molar-refractivity contribution is 0.0491. The summed E-state index contributed by atoms with van der Waals surface area (Å²) in [5.74, 6) is 1.17. The van der Waals surface area contributed by atoms with Crippen molar-refractivity contribution in [2.75, 3.05) is 12.3 Å². The molecule has 0 aliphatic heterocycles. The minimum atomic E-state index is -0.0897. The molecule has 0 aliphatic rings. The molecule has 0 aliphatic carbocycles. The molecule has 0 spiro atoms. The molecule has 0 radical (unpaired) electrons. The fourth-order valence-electron chi connectivity index (χ4n) is 1.87. The molecule has 1 heterocycles. The number of aromatic nitrogens is 2. The van der Waals surface area contributed by atoms with Gasteiger partial charge in [-0.15, -0.1) is 0 Å². The van der Waals surface area contributed by atoms with Crippen molar-refractivity contribution in [1.82, 2.24) is 9.97 Å². The number of ether oxygens (including phenoxy) is 1. The Labute approximate surface area is 124 Å². The van der Waals surface area contributed by atoms with Crippen LogP contribution in [0.5, 0.6) is 0 Å². The van der Waals surface area contributed by atoms with E-state index in [0.717, 1.165) is 23.0 Å². The van der Waals surface area contributed by atoms with Gasteiger partial charge in [-0.05, 0) is 29.3 Å². The number of nitrogen functional groups attached to an aromatic ring is 1. The lowest BCUT2D eigenvalue weighted by atomic mass is 9.91. The normalized spacial score (nSPS) is 13.6. The maximum Gasteiger partial charge on any atom is 0.159 e. The van der Waals surface area contributed by atoms with Crippen molar-refractivity contribution in [3.05, 3.63) is 16.0 Å². The van der Waals surface area contributed by atoms with Gasteiger partial charge in [0, 0.05) is 12.0 Å². The second-order valence-corrected chi connectivity index (χ2v) is 6.41. The molecular weight excluding hydrogens is 306 g/mol. The SMILES string of the molecule is CCCC(OCC)c1nc(N)c(Br)c(C(C)(C)C)n1. The Bertz CT molecular complexity index is 423. The average Bonchev–Trinajstić information content (AvgIpc) is 2.30. The Morgan fingerprint density at radius 3 is 2.37 bits per heavy atom. The predicted octanol–water partition coefficient (Wildman–Crippen LogP) is 4.00. The number of anilines is 1. The van der Waals surface area contributed by atoms with Gasteiger partial charge in [-0.2, -0.15) is 0 Å². The molecule has 1 atom stereocenters. The molecule has 0 aromatic carbocycles. The molecule has 108 valence electrons. The van der Waals surface area contributed by atoms with Crippen LogP contribution in [0.25, 0.3) is 0 Å². The summed E-state index contributed by atoms with van der Waals surface area (Å²) in [6, 6.07) is 0. The van der Waals surface area contributed by atoms with Crippen LogP contribution < -0.4 is 5.73 Å². The van der Waals surface area contributed by atoms with E-state index in [2.05, 4.69) is 53.6 Å². The van der Waals surface area contributed by atoms with E-state index < -0.39 is 0 Å². The van der Waals surface area contributed by atoms with E-state index in [0.29, 0.717) is 18.2 Å². The van der Waals surface area contributed by atoms with Crippen molar-refractivity contribution in [3.63, 3.8) is 0 Å². The summed E-state index contributed by atoms with van der Waals surface area (Å²) < 4.78 is 6.52. The molecule has 19 heavy (non-hydrogen) atoms. The number of halogens is 1. The zero-order valence-electron chi connectivity index (χ0n) is 12.5. The second kappa shape index (κ2) is 6.66. The summed E-state index contributed by atoms with van der Waals surface area (Å²) in [5.41, 5.74) is 6.83. The molecule has 1 unspecified atom stereocenters. The number of hydrogen-bond acceptors (Lipinski definition) is 4. The zero-order chi connectivity index (χ0) is 14.6. The van der Waals surface area contributed by atoms with Crippen molar-refractivity contribution < 1.29 is 4.74 Å². The molecule has 1 aromatic heterocycles. The summed E-state index contributed by atoms with van der Waals surface area (Å²) in [7, 11) is 0. The Morgan fingerprint density at radius 1 is 1.26 bits per heavy atom. The highest BCUT2D eigenvalue weighted by Gasteiger charge is 2.25. The molecule has 1 rings (SSSR count). The van der Waals surface area contributed by atoms with E-state index in [4.69, 9.17) is 10.5 Å². The van der Waals surface area contributed by atoms with Crippen molar-refractivity contribution >= 4 is 21.7 Å². The maximum atomic E-state index is 5.99. The minimum absolute atomic E-state index is 0.0773. The standard InChI is InChI=1S/C14H24BrN3O/c1-6-8-9(19-7-2)13-17-11(14(3,4)5)10(15)12(16)18-13/h9H,6-8H2,1-5H3,(H2,16,17,18). The van der Waals surface area contributed by atoms with Gasteiger partial charge >= 0.3 is 0 Å². The fourth-order valence-corrected chi connectivity index (χ4v) is 2.65. The van der Waals surface area contributed by atoms with Crippen LogP contribution in [0.15, 0.2) is 4.47 Å². The van der Waals surface area contributed by atoms with Gasteiger partial charge in [0.1, 0.15) is 11.9 Å². The third-order valence-corrected chi connectivity index (χ3v) is 3.59. The van der Waals surface area contributed by atoms with Gasteiger partial charge in [0.2, 0.25) is 0 Å². The molecule has 0 saturated carbocycles. The molecule has 1 aromatic rings. The zero-order valence-corrected chi connectivity index (χ0v) is 14.0. The second-order valence-electron chi connectivity index (χ2n) is 5.61. The molecule has 5 heteroatoms. The summed E-state index contributed by atoms with van der Waals surface area (Å²) in [5, 5.41) is 0. The van der Waals surface area contributed by atoms with Crippen LogP contribution in [-0.4, -0.2) is 16.6 Å². The van der Waals surface area contributed by atoms with Gasteiger partial charge in [0.25, 0.3) is 0 Å². The highest BCUT2D eigenvalue weighted by molar-refractivity contribution is 9.10. The summed E-state index contributed by atoms with van der Waals surface area (Å²) in [4.78, 5) is 9.06. The van der Waals surface area contributed by atoms with Crippen LogP contribution in [0.3, 0.4) is 0 Å². The van der Waals surface area contributed by atoms with Crippen LogP contribution in [-0.2, 0) is 10.2 Å². The third-order valence-electron chi connectivity index (χ3n) is 2.81. The van der Waals surface area contributed by atoms with Crippen LogP contribution in [0.2, 0.25) is 0 Å². The number of nitrogens with zero attached hydrogens (tertiary/aromatic N) is 2. The summed E-state index contributed by atoms with van der Waals surface area (Å²) in [6.45, 7) is 11.1. The molecule has 2 N–H and O–H groups in total. The number of nitrogens with two attached hydrogens (primary N) is 1. The molecule has 0 amide bonds. The van der Waals surface area contributed by atoms with E-state index in [-0.39, 0.29) is 11.5 Å². The van der Waals surface area contributed by atoms with Crippen molar-refractivity contribution in [1.29, 1.82) is 0 Å². The van der Waals surface area contributed by atoms with Crippen LogP contribution in [0.1, 0.15) is 65.1 Å². The summed E-state index contributed by atoms with van der Waals surface area (Å²) in [6.07, 6.45) is 1.85. The molecule has 0 saturated heterocycles. The van der Waals surface area contributed by atoms with Crippen molar-refractivity contribution in [2.45, 2.75) is 59.0 Å². The molecule has 0 fully saturated rings. The van der Waals surface area contributed by atoms with E-state index in [9.17, 15) is 0 Å². The van der Waals surface area contributed by atoms with Gasteiger partial charge in [0.15, 0.2) is 5.82 Å². The quantitative estimate of drug-likeness (QED) is 0.886. The number of rotatable bonds is 5. The topological polar surface area (TPSA) is 61.0 Å². The Hall–Kier alpha value is -0.680. The predicted molar refractivity (Wildman–Crippen MR) is 82.1 cm³/mol. The molecule has 4 nitrogen and oxygen atoms in total. The first-order chi connectivity index (χ1) is 8.81. The van der Waals surface area contributed by atoms with Gasteiger partial charge in [0.05, 0.1) is 10.2 Å². The van der Waals surface area contributed by atoms with E-state index in [1.54, 1.807) is 0 Å². The smallest absolute Gasteiger partial charge is 0.159 e. The largest absolute Gasteiger partial charge is 0.383 e. The lowest BCUT2D eigenvalue weighted by Gasteiger charge is -2.23. The first-order valence-corrected chi connectivity index (χ1v) is 7.55. The van der Waals surface area contributed by atoms with E-state index >= 15 is 0 Å². The highest BCUT2D eigenvalue weighted by atomic mass is 79.9. The van der Waals surface area contributed by atoms with Crippen molar-refractivity contribution in [2.24, 2.45) is 0 Å². The minimum Gasteiger partial charge on any atom is -0.383 e. The van der Waals surface area contributed by atoms with Gasteiger partial charge in [-0.1, -0.05) is 34.1 Å². The Kier molecular flexibility index (Phi) is 5.74. The monoisotopic (exact) mass is 329 g/mol. The van der Waals surface area contributed by atoms with Gasteiger partial charge in [-0.25, -0.2) is 9.97 Å². The Balaban J connectivity index is 3.25. The summed E-state index contributed by atoms with van der Waals surface area (Å²) >= 11 is 3.49. The highest BCUT2D eigenvalue weighted by Crippen LogP contribution is 2.33. The molecular formula is C14H24BrN3O. The molecule has 0 bridgehead atoms. The maximum absolute atomic E-state index is 5.99. The number of hydrogen-bond donors (Lipinski definition) is 1.